The van der Waals surface area contributed by atoms with Crippen LogP contribution in [0.15, 0.2) is 24.5 Å². The highest BCUT2D eigenvalue weighted by molar-refractivity contribution is 6.04. The Labute approximate surface area is 97.9 Å². The van der Waals surface area contributed by atoms with Gasteiger partial charge in [0.2, 0.25) is 5.95 Å². The maximum absolute atomic E-state index is 11.9. The Morgan fingerprint density at radius 1 is 1.47 bits per heavy atom. The lowest BCUT2D eigenvalue weighted by Crippen LogP contribution is -2.16. The molecule has 0 saturated heterocycles. The van der Waals surface area contributed by atoms with Gasteiger partial charge >= 0.3 is 0 Å². The highest BCUT2D eigenvalue weighted by Crippen LogP contribution is 2.20. The number of hydrogen-bond donors (Lipinski definition) is 2. The number of phenols is 1. The summed E-state index contributed by atoms with van der Waals surface area (Å²) in [5.41, 5.74) is 0.945. The van der Waals surface area contributed by atoms with Crippen molar-refractivity contribution in [3.63, 3.8) is 0 Å². The summed E-state index contributed by atoms with van der Waals surface area (Å²) in [7, 11) is 1.68. The van der Waals surface area contributed by atoms with Crippen LogP contribution < -0.4 is 5.32 Å². The van der Waals surface area contributed by atoms with Gasteiger partial charge in [-0.05, 0) is 19.1 Å². The van der Waals surface area contributed by atoms with Gasteiger partial charge in [0.15, 0.2) is 0 Å². The van der Waals surface area contributed by atoms with Gasteiger partial charge in [-0.1, -0.05) is 6.07 Å². The molecule has 6 nitrogen and oxygen atoms in total. The standard InChI is InChI=1S/C11H12N4O2/c1-7-8(4-3-5-9(7)16)10(17)14-11-12-6-13-15(11)2/h3-6,16H,1-2H3,(H,12,13,14,17). The summed E-state index contributed by atoms with van der Waals surface area (Å²) >= 11 is 0. The van der Waals surface area contributed by atoms with E-state index in [1.807, 2.05) is 0 Å². The van der Waals surface area contributed by atoms with Gasteiger partial charge < -0.3 is 5.11 Å². The van der Waals surface area contributed by atoms with Crippen LogP contribution in [0.1, 0.15) is 15.9 Å². The number of aryl methyl sites for hydroxylation is 1. The molecule has 1 aromatic carbocycles. The van der Waals surface area contributed by atoms with E-state index in [1.54, 1.807) is 26.1 Å². The van der Waals surface area contributed by atoms with E-state index in [1.165, 1.54) is 17.1 Å². The van der Waals surface area contributed by atoms with Crippen molar-refractivity contribution in [1.82, 2.24) is 14.8 Å². The molecule has 17 heavy (non-hydrogen) atoms. The smallest absolute Gasteiger partial charge is 0.258 e. The molecule has 1 heterocycles. The molecule has 0 fully saturated rings. The molecular weight excluding hydrogens is 220 g/mol. The van der Waals surface area contributed by atoms with Gasteiger partial charge in [-0.25, -0.2) is 4.68 Å². The van der Waals surface area contributed by atoms with E-state index in [0.29, 0.717) is 17.1 Å². The molecule has 6 heteroatoms. The van der Waals surface area contributed by atoms with Crippen molar-refractivity contribution in [1.29, 1.82) is 0 Å². The van der Waals surface area contributed by atoms with Crippen molar-refractivity contribution in [2.75, 3.05) is 5.32 Å². The van der Waals surface area contributed by atoms with Gasteiger partial charge in [-0.2, -0.15) is 10.1 Å². The lowest BCUT2D eigenvalue weighted by Gasteiger charge is -2.07. The number of rotatable bonds is 2. The van der Waals surface area contributed by atoms with Gasteiger partial charge in [-0.3, -0.25) is 10.1 Å². The SMILES string of the molecule is Cc1c(O)cccc1C(=O)Nc1ncnn1C. The fourth-order valence-electron chi connectivity index (χ4n) is 1.45. The first-order valence-electron chi connectivity index (χ1n) is 5.03. The van der Waals surface area contributed by atoms with Crippen LogP contribution in [0.2, 0.25) is 0 Å². The predicted octanol–water partition coefficient (Wildman–Crippen LogP) is 1.08. The molecule has 2 N–H and O–H groups in total. The number of carbonyl (C=O) groups excluding carboxylic acids is 1. The number of carbonyl (C=O) groups is 1. The largest absolute Gasteiger partial charge is 0.508 e. The van der Waals surface area contributed by atoms with Crippen LogP contribution in [0.5, 0.6) is 5.75 Å². The molecule has 0 saturated carbocycles. The first-order valence-corrected chi connectivity index (χ1v) is 5.03. The molecule has 0 spiro atoms. The molecule has 1 aromatic heterocycles. The Bertz CT molecular complexity index is 562. The van der Waals surface area contributed by atoms with Crippen molar-refractivity contribution in [3.8, 4) is 5.75 Å². The van der Waals surface area contributed by atoms with E-state index in [-0.39, 0.29) is 11.7 Å². The average molecular weight is 232 g/mol. The number of anilines is 1. The monoisotopic (exact) mass is 232 g/mol. The van der Waals surface area contributed by atoms with E-state index < -0.39 is 0 Å². The zero-order valence-corrected chi connectivity index (χ0v) is 9.51. The fraction of sp³-hybridized carbons (Fsp3) is 0.182. The average Bonchev–Trinajstić information content (AvgIpc) is 2.68. The molecule has 1 amide bonds. The predicted molar refractivity (Wildman–Crippen MR) is 61.8 cm³/mol. The summed E-state index contributed by atoms with van der Waals surface area (Å²) < 4.78 is 1.45. The van der Waals surface area contributed by atoms with Crippen LogP contribution in [0, 0.1) is 6.92 Å². The van der Waals surface area contributed by atoms with Crippen molar-refractivity contribution in [2.24, 2.45) is 7.05 Å². The third kappa shape index (κ3) is 2.10. The fourth-order valence-corrected chi connectivity index (χ4v) is 1.45. The second-order valence-corrected chi connectivity index (χ2v) is 3.61. The maximum Gasteiger partial charge on any atom is 0.258 e. The highest BCUT2D eigenvalue weighted by Gasteiger charge is 2.13. The Hall–Kier alpha value is -2.37. The first-order chi connectivity index (χ1) is 8.09. The highest BCUT2D eigenvalue weighted by atomic mass is 16.3. The molecule has 2 rings (SSSR count). The van der Waals surface area contributed by atoms with E-state index in [2.05, 4.69) is 15.4 Å². The second kappa shape index (κ2) is 4.25. The normalized spacial score (nSPS) is 10.2. The van der Waals surface area contributed by atoms with Gasteiger partial charge in [0.1, 0.15) is 12.1 Å². The van der Waals surface area contributed by atoms with E-state index in [0.717, 1.165) is 0 Å². The molecule has 0 bridgehead atoms. The summed E-state index contributed by atoms with van der Waals surface area (Å²) in [6, 6.07) is 4.79. The van der Waals surface area contributed by atoms with Crippen LogP contribution in [0.25, 0.3) is 0 Å². The van der Waals surface area contributed by atoms with Crippen molar-refractivity contribution in [2.45, 2.75) is 6.92 Å². The number of nitrogens with one attached hydrogen (secondary N) is 1. The van der Waals surface area contributed by atoms with E-state index >= 15 is 0 Å². The summed E-state index contributed by atoms with van der Waals surface area (Å²) in [6.07, 6.45) is 1.35. The van der Waals surface area contributed by atoms with Crippen molar-refractivity contribution >= 4 is 11.9 Å². The third-order valence-corrected chi connectivity index (χ3v) is 2.49. The number of nitrogens with zero attached hydrogens (tertiary/aromatic N) is 3. The molecule has 0 aliphatic heterocycles. The molecule has 0 aliphatic rings. The van der Waals surface area contributed by atoms with Gasteiger partial charge in [0.05, 0.1) is 0 Å². The number of aromatic hydroxyl groups is 1. The number of aromatic nitrogens is 3. The number of benzene rings is 1. The summed E-state index contributed by atoms with van der Waals surface area (Å²) in [5, 5.41) is 16.0. The van der Waals surface area contributed by atoms with Gasteiger partial charge in [-0.15, -0.1) is 0 Å². The van der Waals surface area contributed by atoms with E-state index in [4.69, 9.17) is 0 Å². The minimum atomic E-state index is -0.325. The topological polar surface area (TPSA) is 80.0 Å². The molecule has 0 radical (unpaired) electrons. The lowest BCUT2D eigenvalue weighted by atomic mass is 10.1. The van der Waals surface area contributed by atoms with Crippen molar-refractivity contribution in [3.05, 3.63) is 35.7 Å². The maximum atomic E-state index is 11.9. The summed E-state index contributed by atoms with van der Waals surface area (Å²) in [5.74, 6) is 0.128. The molecular formula is C11H12N4O2. The number of phenolic OH excluding ortho intramolecular Hbond substituents is 1. The zero-order chi connectivity index (χ0) is 12.4. The summed E-state index contributed by atoms with van der Waals surface area (Å²) in [6.45, 7) is 1.68. The second-order valence-electron chi connectivity index (χ2n) is 3.61. The first kappa shape index (κ1) is 11.1. The molecule has 2 aromatic rings. The zero-order valence-electron chi connectivity index (χ0n) is 9.51. The third-order valence-electron chi connectivity index (χ3n) is 2.49. The molecule has 0 unspecified atom stereocenters. The van der Waals surface area contributed by atoms with Crippen LogP contribution in [-0.4, -0.2) is 25.8 Å². The van der Waals surface area contributed by atoms with Crippen molar-refractivity contribution < 1.29 is 9.90 Å². The number of amides is 1. The van der Waals surface area contributed by atoms with Crippen LogP contribution in [-0.2, 0) is 7.05 Å². The van der Waals surface area contributed by atoms with E-state index in [9.17, 15) is 9.90 Å². The molecule has 0 aliphatic carbocycles. The van der Waals surface area contributed by atoms with Crippen LogP contribution >= 0.6 is 0 Å². The Morgan fingerprint density at radius 2 is 2.24 bits per heavy atom. The Balaban J connectivity index is 2.27. The van der Waals surface area contributed by atoms with Crippen LogP contribution in [0.3, 0.4) is 0 Å². The summed E-state index contributed by atoms with van der Waals surface area (Å²) in [4.78, 5) is 15.8. The minimum absolute atomic E-state index is 0.0932. The van der Waals surface area contributed by atoms with Crippen LogP contribution in [0.4, 0.5) is 5.95 Å². The van der Waals surface area contributed by atoms with Gasteiger partial charge in [0.25, 0.3) is 5.91 Å². The minimum Gasteiger partial charge on any atom is -0.508 e. The number of hydrogen-bond acceptors (Lipinski definition) is 4. The lowest BCUT2D eigenvalue weighted by molar-refractivity contribution is 0.102. The molecule has 88 valence electrons. The quantitative estimate of drug-likeness (QED) is 0.812. The van der Waals surface area contributed by atoms with Gasteiger partial charge in [0, 0.05) is 18.2 Å². The Morgan fingerprint density at radius 3 is 2.88 bits per heavy atom. The molecule has 0 atom stereocenters. The Kier molecular flexibility index (Phi) is 2.78.